The van der Waals surface area contributed by atoms with Gasteiger partial charge in [-0.15, -0.1) is 0 Å². The zero-order chi connectivity index (χ0) is 13.5. The van der Waals surface area contributed by atoms with Crippen molar-refractivity contribution in [1.82, 2.24) is 10.3 Å². The van der Waals surface area contributed by atoms with Gasteiger partial charge in [0.25, 0.3) is 0 Å². The number of carbonyl (C=O) groups excluding carboxylic acids is 1. The summed E-state index contributed by atoms with van der Waals surface area (Å²) < 4.78 is 0. The molecule has 1 aliphatic carbocycles. The van der Waals surface area contributed by atoms with Crippen molar-refractivity contribution in [2.45, 2.75) is 33.1 Å². The molecular formula is C15H21N3O. The highest BCUT2D eigenvalue weighted by Gasteiger charge is 2.57. The van der Waals surface area contributed by atoms with Gasteiger partial charge < -0.3 is 10.6 Å². The second kappa shape index (κ2) is 4.60. The Hall–Kier alpha value is -1.42. The first kappa shape index (κ1) is 12.6. The molecule has 0 aromatic carbocycles. The van der Waals surface area contributed by atoms with Crippen LogP contribution in [0.4, 0.5) is 5.69 Å². The third kappa shape index (κ3) is 2.37. The lowest BCUT2D eigenvalue weighted by atomic mass is 9.92. The van der Waals surface area contributed by atoms with Crippen molar-refractivity contribution in [2.75, 3.05) is 18.4 Å². The van der Waals surface area contributed by atoms with E-state index in [1.165, 1.54) is 0 Å². The van der Waals surface area contributed by atoms with E-state index in [-0.39, 0.29) is 11.8 Å². The molecule has 1 unspecified atom stereocenters. The number of hydrogen-bond donors (Lipinski definition) is 2. The summed E-state index contributed by atoms with van der Waals surface area (Å²) in [6, 6.07) is 3.89. The van der Waals surface area contributed by atoms with Crippen LogP contribution in [0.5, 0.6) is 0 Å². The van der Waals surface area contributed by atoms with E-state index in [2.05, 4.69) is 15.6 Å². The number of aromatic nitrogens is 1. The molecule has 2 fully saturated rings. The average Bonchev–Trinajstić information content (AvgIpc) is 3.07. The third-order valence-electron chi connectivity index (χ3n) is 4.59. The summed E-state index contributed by atoms with van der Waals surface area (Å²) in [4.78, 5) is 16.7. The molecular weight excluding hydrogens is 238 g/mol. The molecule has 1 saturated carbocycles. The number of piperidine rings is 1. The van der Waals surface area contributed by atoms with Crippen LogP contribution in [-0.2, 0) is 4.79 Å². The van der Waals surface area contributed by atoms with E-state index in [1.807, 2.05) is 26.0 Å². The number of aryl methyl sites for hydroxylation is 2. The topological polar surface area (TPSA) is 54.0 Å². The van der Waals surface area contributed by atoms with Crippen molar-refractivity contribution < 1.29 is 4.79 Å². The summed E-state index contributed by atoms with van der Waals surface area (Å²) in [5, 5.41) is 6.41. The normalized spacial score (nSPS) is 24.2. The van der Waals surface area contributed by atoms with E-state index in [1.54, 1.807) is 0 Å². The largest absolute Gasteiger partial charge is 0.324 e. The number of rotatable bonds is 2. The number of nitrogens with zero attached hydrogens (tertiary/aromatic N) is 1. The van der Waals surface area contributed by atoms with Crippen LogP contribution in [0.1, 0.15) is 30.7 Å². The van der Waals surface area contributed by atoms with Crippen LogP contribution >= 0.6 is 0 Å². The van der Waals surface area contributed by atoms with Crippen LogP contribution in [0.2, 0.25) is 0 Å². The molecule has 1 aliphatic heterocycles. The molecule has 1 aromatic heterocycles. The monoisotopic (exact) mass is 259 g/mol. The Morgan fingerprint density at radius 1 is 1.37 bits per heavy atom. The highest BCUT2D eigenvalue weighted by molar-refractivity contribution is 5.95. The number of amides is 1. The Labute approximate surface area is 114 Å². The highest BCUT2D eigenvalue weighted by atomic mass is 16.2. The Kier molecular flexibility index (Phi) is 3.05. The molecule has 0 bridgehead atoms. The maximum atomic E-state index is 12.3. The van der Waals surface area contributed by atoms with E-state index in [0.29, 0.717) is 5.41 Å². The quantitative estimate of drug-likeness (QED) is 0.854. The standard InChI is InChI=1S/C15H21N3O/c1-10-3-4-13(11(2)17-10)18-14(19)12-9-15(12)5-7-16-8-6-15/h3-4,12,16H,5-9H2,1-2H3,(H,18,19). The summed E-state index contributed by atoms with van der Waals surface area (Å²) >= 11 is 0. The Morgan fingerprint density at radius 3 is 2.79 bits per heavy atom. The van der Waals surface area contributed by atoms with Gasteiger partial charge in [0.05, 0.1) is 11.4 Å². The first-order valence-electron chi connectivity index (χ1n) is 7.07. The second-order valence-electron chi connectivity index (χ2n) is 5.94. The predicted octanol–water partition coefficient (Wildman–Crippen LogP) is 2.03. The van der Waals surface area contributed by atoms with Crippen LogP contribution in [-0.4, -0.2) is 24.0 Å². The van der Waals surface area contributed by atoms with Gasteiger partial charge in [0, 0.05) is 11.6 Å². The third-order valence-corrected chi connectivity index (χ3v) is 4.59. The van der Waals surface area contributed by atoms with Crippen molar-refractivity contribution in [3.8, 4) is 0 Å². The highest BCUT2D eigenvalue weighted by Crippen LogP contribution is 2.58. The van der Waals surface area contributed by atoms with E-state index in [0.717, 1.165) is 49.4 Å². The van der Waals surface area contributed by atoms with Crippen LogP contribution in [0.3, 0.4) is 0 Å². The maximum absolute atomic E-state index is 12.3. The van der Waals surface area contributed by atoms with Gasteiger partial charge in [-0.3, -0.25) is 9.78 Å². The minimum Gasteiger partial charge on any atom is -0.324 e. The molecule has 19 heavy (non-hydrogen) atoms. The van der Waals surface area contributed by atoms with Gasteiger partial charge in [-0.1, -0.05) is 0 Å². The van der Waals surface area contributed by atoms with Gasteiger partial charge in [0.2, 0.25) is 5.91 Å². The van der Waals surface area contributed by atoms with Crippen molar-refractivity contribution in [3.63, 3.8) is 0 Å². The van der Waals surface area contributed by atoms with Crippen LogP contribution in [0.15, 0.2) is 12.1 Å². The number of anilines is 1. The Morgan fingerprint density at radius 2 is 2.11 bits per heavy atom. The first-order valence-corrected chi connectivity index (χ1v) is 7.07. The summed E-state index contributed by atoms with van der Waals surface area (Å²) in [5.41, 5.74) is 3.03. The number of nitrogens with one attached hydrogen (secondary N) is 2. The fourth-order valence-electron chi connectivity index (χ4n) is 3.23. The molecule has 102 valence electrons. The fourth-order valence-corrected chi connectivity index (χ4v) is 3.23. The molecule has 4 nitrogen and oxygen atoms in total. The van der Waals surface area contributed by atoms with Crippen molar-refractivity contribution >= 4 is 11.6 Å². The zero-order valence-corrected chi connectivity index (χ0v) is 11.6. The minimum absolute atomic E-state index is 0.177. The van der Waals surface area contributed by atoms with Crippen molar-refractivity contribution in [1.29, 1.82) is 0 Å². The Balaban J connectivity index is 1.66. The molecule has 1 amide bonds. The van der Waals surface area contributed by atoms with E-state index in [9.17, 15) is 4.79 Å². The molecule has 2 N–H and O–H groups in total. The lowest BCUT2D eigenvalue weighted by Gasteiger charge is -2.23. The van der Waals surface area contributed by atoms with Crippen molar-refractivity contribution in [2.24, 2.45) is 11.3 Å². The molecule has 1 atom stereocenters. The van der Waals surface area contributed by atoms with Crippen LogP contribution in [0, 0.1) is 25.2 Å². The second-order valence-corrected chi connectivity index (χ2v) is 5.94. The smallest absolute Gasteiger partial charge is 0.228 e. The number of pyridine rings is 1. The molecule has 1 aromatic rings. The number of hydrogen-bond acceptors (Lipinski definition) is 3. The average molecular weight is 259 g/mol. The lowest BCUT2D eigenvalue weighted by molar-refractivity contribution is -0.118. The molecule has 2 heterocycles. The van der Waals surface area contributed by atoms with Crippen molar-refractivity contribution in [3.05, 3.63) is 23.5 Å². The van der Waals surface area contributed by atoms with Gasteiger partial charge in [-0.05, 0) is 63.7 Å². The first-order chi connectivity index (χ1) is 9.11. The van der Waals surface area contributed by atoms with Gasteiger partial charge in [0.1, 0.15) is 0 Å². The zero-order valence-electron chi connectivity index (χ0n) is 11.6. The van der Waals surface area contributed by atoms with E-state index < -0.39 is 0 Å². The van der Waals surface area contributed by atoms with Gasteiger partial charge in [-0.25, -0.2) is 0 Å². The molecule has 0 radical (unpaired) electrons. The molecule has 1 saturated heterocycles. The SMILES string of the molecule is Cc1ccc(NC(=O)C2CC23CCNCC3)c(C)n1. The molecule has 4 heteroatoms. The maximum Gasteiger partial charge on any atom is 0.228 e. The minimum atomic E-state index is 0.177. The summed E-state index contributed by atoms with van der Waals surface area (Å²) in [5.74, 6) is 0.381. The summed E-state index contributed by atoms with van der Waals surface area (Å²) in [7, 11) is 0. The predicted molar refractivity (Wildman–Crippen MR) is 75.0 cm³/mol. The molecule has 3 rings (SSSR count). The van der Waals surface area contributed by atoms with Crippen LogP contribution in [0.25, 0.3) is 0 Å². The lowest BCUT2D eigenvalue weighted by Crippen LogP contribution is -2.31. The summed E-state index contributed by atoms with van der Waals surface area (Å²) in [6.07, 6.45) is 3.32. The molecule has 1 spiro atoms. The van der Waals surface area contributed by atoms with Gasteiger partial charge in [-0.2, -0.15) is 0 Å². The van der Waals surface area contributed by atoms with Gasteiger partial charge >= 0.3 is 0 Å². The van der Waals surface area contributed by atoms with E-state index in [4.69, 9.17) is 0 Å². The van der Waals surface area contributed by atoms with Gasteiger partial charge in [0.15, 0.2) is 0 Å². The number of carbonyl (C=O) groups is 1. The fraction of sp³-hybridized carbons (Fsp3) is 0.600. The van der Waals surface area contributed by atoms with E-state index >= 15 is 0 Å². The van der Waals surface area contributed by atoms with Crippen LogP contribution < -0.4 is 10.6 Å². The molecule has 2 aliphatic rings. The Bertz CT molecular complexity index is 506. The summed E-state index contributed by atoms with van der Waals surface area (Å²) in [6.45, 7) is 6.00.